The molecule has 0 aliphatic heterocycles. The van der Waals surface area contributed by atoms with E-state index in [0.29, 0.717) is 12.2 Å². The molecule has 21 heavy (non-hydrogen) atoms. The van der Waals surface area contributed by atoms with Crippen molar-refractivity contribution in [2.45, 2.75) is 26.1 Å². The van der Waals surface area contributed by atoms with Crippen LogP contribution in [0, 0.1) is 0 Å². The summed E-state index contributed by atoms with van der Waals surface area (Å²) >= 11 is 0. The SMILES string of the molecule is CCCN(CC(=O)NC)c1ccc(CN)c(C(F)(F)F)c1. The van der Waals surface area contributed by atoms with E-state index >= 15 is 0 Å². The summed E-state index contributed by atoms with van der Waals surface area (Å²) in [4.78, 5) is 13.1. The number of benzene rings is 1. The molecular weight excluding hydrogens is 283 g/mol. The summed E-state index contributed by atoms with van der Waals surface area (Å²) in [7, 11) is 1.49. The first-order valence-electron chi connectivity index (χ1n) is 6.69. The summed E-state index contributed by atoms with van der Waals surface area (Å²) in [6.45, 7) is 2.23. The standard InChI is InChI=1S/C14H20F3N3O/c1-3-6-20(9-13(21)19-2)11-5-4-10(8-18)12(7-11)14(15,16)17/h4-5,7H,3,6,8-9,18H2,1-2H3,(H,19,21). The van der Waals surface area contributed by atoms with E-state index in [0.717, 1.165) is 12.5 Å². The van der Waals surface area contributed by atoms with E-state index in [1.165, 1.54) is 13.1 Å². The number of alkyl halides is 3. The van der Waals surface area contributed by atoms with Crippen LogP contribution in [0.4, 0.5) is 18.9 Å². The smallest absolute Gasteiger partial charge is 0.362 e. The van der Waals surface area contributed by atoms with Crippen molar-refractivity contribution < 1.29 is 18.0 Å². The van der Waals surface area contributed by atoms with Gasteiger partial charge in [0.15, 0.2) is 0 Å². The first-order chi connectivity index (χ1) is 9.83. The van der Waals surface area contributed by atoms with Crippen LogP contribution in [-0.4, -0.2) is 26.0 Å². The molecule has 0 radical (unpaired) electrons. The zero-order valence-electron chi connectivity index (χ0n) is 12.1. The van der Waals surface area contributed by atoms with E-state index in [1.807, 2.05) is 6.92 Å². The van der Waals surface area contributed by atoms with Crippen LogP contribution >= 0.6 is 0 Å². The van der Waals surface area contributed by atoms with Crippen LogP contribution in [0.2, 0.25) is 0 Å². The van der Waals surface area contributed by atoms with Crippen LogP contribution in [0.3, 0.4) is 0 Å². The van der Waals surface area contributed by atoms with Gasteiger partial charge in [-0.2, -0.15) is 13.2 Å². The molecule has 0 aromatic heterocycles. The number of rotatable bonds is 6. The van der Waals surface area contributed by atoms with Gasteiger partial charge in [0, 0.05) is 25.8 Å². The third-order valence-corrected chi connectivity index (χ3v) is 3.09. The first kappa shape index (κ1) is 17.3. The van der Waals surface area contributed by atoms with Gasteiger partial charge in [0.25, 0.3) is 0 Å². The highest BCUT2D eigenvalue weighted by Crippen LogP contribution is 2.34. The number of carbonyl (C=O) groups is 1. The highest BCUT2D eigenvalue weighted by Gasteiger charge is 2.33. The molecule has 0 aliphatic carbocycles. The van der Waals surface area contributed by atoms with Crippen molar-refractivity contribution in [3.8, 4) is 0 Å². The number of nitrogens with two attached hydrogens (primary N) is 1. The summed E-state index contributed by atoms with van der Waals surface area (Å²) < 4.78 is 39.1. The highest BCUT2D eigenvalue weighted by atomic mass is 19.4. The van der Waals surface area contributed by atoms with E-state index in [4.69, 9.17) is 5.73 Å². The second kappa shape index (κ2) is 7.31. The fourth-order valence-electron chi connectivity index (χ4n) is 2.02. The molecule has 3 N–H and O–H groups in total. The third kappa shape index (κ3) is 4.63. The number of hydrogen-bond donors (Lipinski definition) is 2. The van der Waals surface area contributed by atoms with Crippen LogP contribution in [0.25, 0.3) is 0 Å². The quantitative estimate of drug-likeness (QED) is 0.846. The molecule has 7 heteroatoms. The molecule has 1 aromatic carbocycles. The van der Waals surface area contributed by atoms with Gasteiger partial charge in [-0.3, -0.25) is 4.79 Å². The van der Waals surface area contributed by atoms with Gasteiger partial charge < -0.3 is 16.0 Å². The summed E-state index contributed by atoms with van der Waals surface area (Å²) in [6.07, 6.45) is -3.74. The zero-order valence-corrected chi connectivity index (χ0v) is 12.1. The fourth-order valence-corrected chi connectivity index (χ4v) is 2.02. The van der Waals surface area contributed by atoms with Crippen molar-refractivity contribution >= 4 is 11.6 Å². The van der Waals surface area contributed by atoms with Gasteiger partial charge in [0.05, 0.1) is 12.1 Å². The van der Waals surface area contributed by atoms with Crippen LogP contribution in [0.15, 0.2) is 18.2 Å². The largest absolute Gasteiger partial charge is 0.416 e. The highest BCUT2D eigenvalue weighted by molar-refractivity contribution is 5.81. The number of hydrogen-bond acceptors (Lipinski definition) is 3. The summed E-state index contributed by atoms with van der Waals surface area (Å²) in [5, 5.41) is 2.47. The molecule has 1 aromatic rings. The van der Waals surface area contributed by atoms with Crippen molar-refractivity contribution in [2.24, 2.45) is 5.73 Å². The number of nitrogens with one attached hydrogen (secondary N) is 1. The van der Waals surface area contributed by atoms with Crippen molar-refractivity contribution in [3.05, 3.63) is 29.3 Å². The van der Waals surface area contributed by atoms with Crippen LogP contribution < -0.4 is 16.0 Å². The van der Waals surface area contributed by atoms with Crippen LogP contribution in [0.1, 0.15) is 24.5 Å². The Bertz CT molecular complexity index is 489. The topological polar surface area (TPSA) is 58.4 Å². The van der Waals surface area contributed by atoms with Gasteiger partial charge in [0.2, 0.25) is 5.91 Å². The lowest BCUT2D eigenvalue weighted by Crippen LogP contribution is -2.36. The van der Waals surface area contributed by atoms with Gasteiger partial charge in [-0.25, -0.2) is 0 Å². The molecule has 118 valence electrons. The normalized spacial score (nSPS) is 11.3. The zero-order chi connectivity index (χ0) is 16.0. The average Bonchev–Trinajstić information content (AvgIpc) is 2.45. The number of likely N-dealkylation sites (N-methyl/N-ethyl adjacent to an activating group) is 1. The van der Waals surface area contributed by atoms with Crippen molar-refractivity contribution in [1.29, 1.82) is 0 Å². The predicted molar refractivity (Wildman–Crippen MR) is 75.9 cm³/mol. The molecule has 0 heterocycles. The maximum Gasteiger partial charge on any atom is 0.416 e. The maximum absolute atomic E-state index is 13.0. The van der Waals surface area contributed by atoms with E-state index < -0.39 is 11.7 Å². The molecule has 1 rings (SSSR count). The second-order valence-electron chi connectivity index (χ2n) is 4.64. The average molecular weight is 303 g/mol. The number of carbonyl (C=O) groups excluding carboxylic acids is 1. The Morgan fingerprint density at radius 1 is 1.38 bits per heavy atom. The summed E-state index contributed by atoms with van der Waals surface area (Å²) in [5.74, 6) is -0.250. The molecule has 0 unspecified atom stereocenters. The molecule has 0 spiro atoms. The lowest BCUT2D eigenvalue weighted by molar-refractivity contribution is -0.138. The fraction of sp³-hybridized carbons (Fsp3) is 0.500. The molecule has 0 saturated heterocycles. The van der Waals surface area contributed by atoms with Gasteiger partial charge in [-0.05, 0) is 24.1 Å². The Balaban J connectivity index is 3.17. The predicted octanol–water partition coefficient (Wildman–Crippen LogP) is 2.13. The van der Waals surface area contributed by atoms with E-state index in [2.05, 4.69) is 5.32 Å². The molecule has 0 aliphatic rings. The van der Waals surface area contributed by atoms with E-state index in [1.54, 1.807) is 11.0 Å². The number of anilines is 1. The van der Waals surface area contributed by atoms with E-state index in [9.17, 15) is 18.0 Å². The van der Waals surface area contributed by atoms with Crippen molar-refractivity contribution in [2.75, 3.05) is 25.0 Å². The minimum absolute atomic E-state index is 0.0175. The number of halogens is 3. The molecular formula is C14H20F3N3O. The molecule has 0 atom stereocenters. The maximum atomic E-state index is 13.0. The van der Waals surface area contributed by atoms with Gasteiger partial charge >= 0.3 is 6.18 Å². The summed E-state index contributed by atoms with van der Waals surface area (Å²) in [6, 6.07) is 3.99. The molecule has 0 saturated carbocycles. The number of nitrogens with zero attached hydrogens (tertiary/aromatic N) is 1. The van der Waals surface area contributed by atoms with Gasteiger partial charge in [0.1, 0.15) is 0 Å². The second-order valence-corrected chi connectivity index (χ2v) is 4.64. The number of amides is 1. The minimum atomic E-state index is -4.46. The van der Waals surface area contributed by atoms with Crippen molar-refractivity contribution in [3.63, 3.8) is 0 Å². The molecule has 1 amide bonds. The molecule has 4 nitrogen and oxygen atoms in total. The van der Waals surface area contributed by atoms with E-state index in [-0.39, 0.29) is 24.6 Å². The minimum Gasteiger partial charge on any atom is -0.362 e. The Hall–Kier alpha value is -1.76. The Labute approximate surface area is 122 Å². The third-order valence-electron chi connectivity index (χ3n) is 3.09. The lowest BCUT2D eigenvalue weighted by Gasteiger charge is -2.25. The van der Waals surface area contributed by atoms with Gasteiger partial charge in [-0.1, -0.05) is 13.0 Å². The first-order valence-corrected chi connectivity index (χ1v) is 6.69. The van der Waals surface area contributed by atoms with Crippen molar-refractivity contribution in [1.82, 2.24) is 5.32 Å². The molecule has 0 bridgehead atoms. The Morgan fingerprint density at radius 3 is 2.52 bits per heavy atom. The Kier molecular flexibility index (Phi) is 6.02. The summed E-state index contributed by atoms with van der Waals surface area (Å²) in [5.41, 5.74) is 5.02. The molecule has 0 fully saturated rings. The van der Waals surface area contributed by atoms with Gasteiger partial charge in [-0.15, -0.1) is 0 Å². The van der Waals surface area contributed by atoms with Crippen LogP contribution in [0.5, 0.6) is 0 Å². The van der Waals surface area contributed by atoms with Crippen LogP contribution in [-0.2, 0) is 17.5 Å². The monoisotopic (exact) mass is 303 g/mol. The lowest BCUT2D eigenvalue weighted by atomic mass is 10.1. The Morgan fingerprint density at radius 2 is 2.05 bits per heavy atom.